The summed E-state index contributed by atoms with van der Waals surface area (Å²) in [5, 5.41) is 0. The Labute approximate surface area is 109 Å². The molecule has 2 N–H and O–H groups in total. The molecule has 98 valence electrons. The molecule has 1 aromatic carbocycles. The number of nitrogens with two attached hydrogens (primary N) is 1. The third-order valence-corrected chi connectivity index (χ3v) is 3.52. The van der Waals surface area contributed by atoms with Crippen LogP contribution in [0, 0.1) is 11.8 Å². The van der Waals surface area contributed by atoms with Crippen molar-refractivity contribution in [3.8, 4) is 0 Å². The average molecular weight is 246 g/mol. The zero-order valence-electron chi connectivity index (χ0n) is 11.2. The van der Waals surface area contributed by atoms with Crippen molar-refractivity contribution in [2.24, 2.45) is 11.8 Å². The van der Waals surface area contributed by atoms with Crippen LogP contribution in [0.3, 0.4) is 0 Å². The van der Waals surface area contributed by atoms with Gasteiger partial charge < -0.3 is 5.73 Å². The Hall–Kier alpha value is -1.35. The van der Waals surface area contributed by atoms with E-state index in [4.69, 9.17) is 5.73 Å². The largest absolute Gasteiger partial charge is 0.399 e. The molecule has 1 aliphatic rings. The molecule has 1 aliphatic heterocycles. The van der Waals surface area contributed by atoms with Gasteiger partial charge in [-0.2, -0.15) is 0 Å². The van der Waals surface area contributed by atoms with Gasteiger partial charge in [-0.15, -0.1) is 0 Å². The Morgan fingerprint density at radius 3 is 2.61 bits per heavy atom. The first kappa shape index (κ1) is 13.1. The molecule has 1 heterocycles. The normalized spacial score (nSPS) is 25.0. The number of Topliss-reactive ketones (excluding diaryl/α,β-unsaturated/α-hetero) is 1. The highest BCUT2D eigenvalue weighted by molar-refractivity contribution is 5.98. The molecule has 1 saturated heterocycles. The van der Waals surface area contributed by atoms with Crippen molar-refractivity contribution in [3.63, 3.8) is 0 Å². The maximum atomic E-state index is 12.2. The predicted octanol–water partition coefficient (Wildman–Crippen LogP) is 2.43. The fourth-order valence-electron chi connectivity index (χ4n) is 2.93. The SMILES string of the molecule is CC1CC(C)CN(CC(=O)c2cccc(N)c2)C1. The number of nitrogen functional groups attached to an aromatic ring is 1. The van der Waals surface area contributed by atoms with Gasteiger partial charge in [-0.05, 0) is 30.4 Å². The number of ketones is 1. The molecule has 0 aromatic heterocycles. The summed E-state index contributed by atoms with van der Waals surface area (Å²) >= 11 is 0. The molecule has 0 spiro atoms. The average Bonchev–Trinajstić information content (AvgIpc) is 2.27. The molecule has 2 rings (SSSR count). The molecule has 0 aliphatic carbocycles. The minimum Gasteiger partial charge on any atom is -0.399 e. The monoisotopic (exact) mass is 246 g/mol. The number of piperidine rings is 1. The van der Waals surface area contributed by atoms with E-state index in [1.807, 2.05) is 18.2 Å². The van der Waals surface area contributed by atoms with Crippen molar-refractivity contribution in [2.45, 2.75) is 20.3 Å². The summed E-state index contributed by atoms with van der Waals surface area (Å²) in [6.07, 6.45) is 1.27. The molecule has 18 heavy (non-hydrogen) atoms. The van der Waals surface area contributed by atoms with Gasteiger partial charge in [-0.3, -0.25) is 9.69 Å². The van der Waals surface area contributed by atoms with Crippen LogP contribution in [0.2, 0.25) is 0 Å². The first-order chi connectivity index (χ1) is 8.54. The van der Waals surface area contributed by atoms with Crippen LogP contribution in [0.1, 0.15) is 30.6 Å². The first-order valence-electron chi connectivity index (χ1n) is 6.65. The van der Waals surface area contributed by atoms with E-state index in [1.54, 1.807) is 6.07 Å². The van der Waals surface area contributed by atoms with E-state index in [9.17, 15) is 4.79 Å². The number of hydrogen-bond donors (Lipinski definition) is 1. The van der Waals surface area contributed by atoms with Crippen molar-refractivity contribution in [1.29, 1.82) is 0 Å². The Morgan fingerprint density at radius 1 is 1.33 bits per heavy atom. The molecule has 0 saturated carbocycles. The van der Waals surface area contributed by atoms with Gasteiger partial charge in [0.05, 0.1) is 6.54 Å². The van der Waals surface area contributed by atoms with E-state index in [1.165, 1.54) is 6.42 Å². The minimum absolute atomic E-state index is 0.170. The van der Waals surface area contributed by atoms with Crippen LogP contribution in [-0.4, -0.2) is 30.3 Å². The Kier molecular flexibility index (Phi) is 4.02. The highest BCUT2D eigenvalue weighted by atomic mass is 16.1. The summed E-state index contributed by atoms with van der Waals surface area (Å²) in [6, 6.07) is 7.25. The fraction of sp³-hybridized carbons (Fsp3) is 0.533. The summed E-state index contributed by atoms with van der Waals surface area (Å²) in [6.45, 7) is 7.08. The molecule has 0 bridgehead atoms. The number of carbonyl (C=O) groups is 1. The van der Waals surface area contributed by atoms with Crippen LogP contribution < -0.4 is 5.73 Å². The molecule has 2 atom stereocenters. The third-order valence-electron chi connectivity index (χ3n) is 3.52. The molecule has 0 amide bonds. The lowest BCUT2D eigenvalue weighted by atomic mass is 9.91. The zero-order valence-corrected chi connectivity index (χ0v) is 11.2. The summed E-state index contributed by atoms with van der Waals surface area (Å²) in [4.78, 5) is 14.4. The van der Waals surface area contributed by atoms with Crippen LogP contribution in [0.4, 0.5) is 5.69 Å². The Morgan fingerprint density at radius 2 is 2.00 bits per heavy atom. The van der Waals surface area contributed by atoms with Gasteiger partial charge in [0.15, 0.2) is 5.78 Å². The molecule has 3 nitrogen and oxygen atoms in total. The number of likely N-dealkylation sites (tertiary alicyclic amines) is 1. The number of rotatable bonds is 3. The summed E-state index contributed by atoms with van der Waals surface area (Å²) < 4.78 is 0. The van der Waals surface area contributed by atoms with Crippen molar-refractivity contribution >= 4 is 11.5 Å². The predicted molar refractivity (Wildman–Crippen MR) is 74.6 cm³/mol. The van der Waals surface area contributed by atoms with Crippen LogP contribution in [-0.2, 0) is 0 Å². The van der Waals surface area contributed by atoms with Crippen LogP contribution >= 0.6 is 0 Å². The first-order valence-corrected chi connectivity index (χ1v) is 6.65. The summed E-state index contributed by atoms with van der Waals surface area (Å²) in [5.41, 5.74) is 7.08. The van der Waals surface area contributed by atoms with Gasteiger partial charge in [0.2, 0.25) is 0 Å². The fourth-order valence-corrected chi connectivity index (χ4v) is 2.93. The van der Waals surface area contributed by atoms with Crippen LogP contribution in [0.15, 0.2) is 24.3 Å². The molecule has 1 aromatic rings. The minimum atomic E-state index is 0.170. The quantitative estimate of drug-likeness (QED) is 0.658. The second kappa shape index (κ2) is 5.53. The smallest absolute Gasteiger partial charge is 0.176 e. The maximum Gasteiger partial charge on any atom is 0.176 e. The second-order valence-corrected chi connectivity index (χ2v) is 5.69. The molecule has 2 unspecified atom stereocenters. The molecular formula is C15H22N2O. The van der Waals surface area contributed by atoms with Gasteiger partial charge in [0.25, 0.3) is 0 Å². The van der Waals surface area contributed by atoms with Gasteiger partial charge in [0.1, 0.15) is 0 Å². The van der Waals surface area contributed by atoms with E-state index < -0.39 is 0 Å². The van der Waals surface area contributed by atoms with Gasteiger partial charge in [-0.1, -0.05) is 26.0 Å². The van der Waals surface area contributed by atoms with Gasteiger partial charge in [-0.25, -0.2) is 0 Å². The standard InChI is InChI=1S/C15H22N2O/c1-11-6-12(2)9-17(8-11)10-15(18)13-4-3-5-14(16)7-13/h3-5,7,11-12H,6,8-10,16H2,1-2H3. The lowest BCUT2D eigenvalue weighted by Gasteiger charge is -2.34. The van der Waals surface area contributed by atoms with Crippen molar-refractivity contribution < 1.29 is 4.79 Å². The summed E-state index contributed by atoms with van der Waals surface area (Å²) in [5.74, 6) is 1.54. The van der Waals surface area contributed by atoms with Gasteiger partial charge >= 0.3 is 0 Å². The van der Waals surface area contributed by atoms with Gasteiger partial charge in [0, 0.05) is 24.3 Å². The number of nitrogens with zero attached hydrogens (tertiary/aromatic N) is 1. The topological polar surface area (TPSA) is 46.3 Å². The van der Waals surface area contributed by atoms with E-state index >= 15 is 0 Å². The lowest BCUT2D eigenvalue weighted by molar-refractivity contribution is 0.0849. The molecule has 0 radical (unpaired) electrons. The summed E-state index contributed by atoms with van der Waals surface area (Å²) in [7, 11) is 0. The van der Waals surface area contributed by atoms with Crippen molar-refractivity contribution in [1.82, 2.24) is 4.90 Å². The Balaban J connectivity index is 1.99. The van der Waals surface area contributed by atoms with Crippen LogP contribution in [0.5, 0.6) is 0 Å². The highest BCUT2D eigenvalue weighted by Gasteiger charge is 2.23. The maximum absolute atomic E-state index is 12.2. The number of hydrogen-bond acceptors (Lipinski definition) is 3. The van der Waals surface area contributed by atoms with E-state index in [0.29, 0.717) is 24.1 Å². The van der Waals surface area contributed by atoms with Crippen molar-refractivity contribution in [2.75, 3.05) is 25.4 Å². The van der Waals surface area contributed by atoms with E-state index in [0.717, 1.165) is 18.7 Å². The lowest BCUT2D eigenvalue weighted by Crippen LogP contribution is -2.41. The molecule has 1 fully saturated rings. The highest BCUT2D eigenvalue weighted by Crippen LogP contribution is 2.21. The Bertz CT molecular complexity index is 420. The molecule has 3 heteroatoms. The third kappa shape index (κ3) is 3.33. The number of benzene rings is 1. The number of anilines is 1. The second-order valence-electron chi connectivity index (χ2n) is 5.69. The molecular weight excluding hydrogens is 224 g/mol. The number of carbonyl (C=O) groups excluding carboxylic acids is 1. The van der Waals surface area contributed by atoms with E-state index in [-0.39, 0.29) is 5.78 Å². The van der Waals surface area contributed by atoms with Crippen molar-refractivity contribution in [3.05, 3.63) is 29.8 Å². The van der Waals surface area contributed by atoms with E-state index in [2.05, 4.69) is 18.7 Å². The zero-order chi connectivity index (χ0) is 13.1. The van der Waals surface area contributed by atoms with Crippen LogP contribution in [0.25, 0.3) is 0 Å².